The molecule has 192 valence electrons. The highest BCUT2D eigenvalue weighted by molar-refractivity contribution is 5.70. The molecule has 0 radical (unpaired) electrons. The van der Waals surface area contributed by atoms with Crippen LogP contribution in [0.4, 0.5) is 0 Å². The minimum absolute atomic E-state index is 0.233. The summed E-state index contributed by atoms with van der Waals surface area (Å²) in [5.74, 6) is -0.799. The fourth-order valence-corrected chi connectivity index (χ4v) is 3.71. The molecule has 1 rings (SSSR count). The van der Waals surface area contributed by atoms with Gasteiger partial charge in [0.15, 0.2) is 0 Å². The molecule has 0 bridgehead atoms. The quantitative estimate of drug-likeness (QED) is 0.204. The molecule has 0 amide bonds. The Morgan fingerprint density at radius 1 is 0.636 bits per heavy atom. The number of carbonyl (C=O) groups is 3. The first kappa shape index (κ1) is 29.2. The third-order valence-corrected chi connectivity index (χ3v) is 5.95. The van der Waals surface area contributed by atoms with Gasteiger partial charge in [-0.15, -0.1) is 0 Å². The van der Waals surface area contributed by atoms with Gasteiger partial charge in [-0.3, -0.25) is 24.2 Å². The van der Waals surface area contributed by atoms with Crippen LogP contribution in [-0.2, 0) is 28.6 Å². The van der Waals surface area contributed by atoms with Crippen LogP contribution in [0, 0.1) is 0 Å². The Labute approximate surface area is 198 Å². The predicted octanol–water partition coefficient (Wildman–Crippen LogP) is -1.14. The van der Waals surface area contributed by atoms with Gasteiger partial charge < -0.3 is 29.7 Å². The van der Waals surface area contributed by atoms with Crippen LogP contribution in [0.2, 0.25) is 0 Å². The van der Waals surface area contributed by atoms with Crippen LogP contribution in [-0.4, -0.2) is 144 Å². The summed E-state index contributed by atoms with van der Waals surface area (Å²) in [5, 5.41) is 0. The number of nitrogens with zero attached hydrogens (tertiary/aromatic N) is 4. The maximum Gasteiger partial charge on any atom is 0.306 e. The largest absolute Gasteiger partial charge is 0.469 e. The fraction of sp³-hybridized carbons (Fsp3) is 0.864. The summed E-state index contributed by atoms with van der Waals surface area (Å²) < 4.78 is 14.3. The molecule has 33 heavy (non-hydrogen) atoms. The molecule has 0 aromatic carbocycles. The van der Waals surface area contributed by atoms with Gasteiger partial charge >= 0.3 is 17.9 Å². The predicted molar refractivity (Wildman–Crippen MR) is 125 cm³/mol. The van der Waals surface area contributed by atoms with Gasteiger partial charge in [0.25, 0.3) is 0 Å². The Morgan fingerprint density at radius 3 is 1.36 bits per heavy atom. The lowest BCUT2D eigenvalue weighted by Crippen LogP contribution is -2.50. The van der Waals surface area contributed by atoms with Crippen molar-refractivity contribution in [3.63, 3.8) is 0 Å². The van der Waals surface area contributed by atoms with E-state index < -0.39 is 0 Å². The van der Waals surface area contributed by atoms with Crippen molar-refractivity contribution in [3.8, 4) is 0 Å². The zero-order valence-corrected chi connectivity index (χ0v) is 20.6. The van der Waals surface area contributed by atoms with E-state index in [4.69, 9.17) is 19.9 Å². The van der Waals surface area contributed by atoms with Crippen molar-refractivity contribution in [2.24, 2.45) is 5.73 Å². The van der Waals surface area contributed by atoms with E-state index in [0.717, 1.165) is 45.8 Å². The van der Waals surface area contributed by atoms with Crippen LogP contribution >= 0.6 is 0 Å². The Balaban J connectivity index is 2.59. The van der Waals surface area contributed by atoms with Crippen molar-refractivity contribution < 1.29 is 28.6 Å². The monoisotopic (exact) mass is 473 g/mol. The minimum Gasteiger partial charge on any atom is -0.469 e. The fourth-order valence-electron chi connectivity index (χ4n) is 3.71. The number of hydrogen-bond donors (Lipinski definition) is 1. The topological polar surface area (TPSA) is 118 Å². The highest BCUT2D eigenvalue weighted by Gasteiger charge is 2.18. The second-order valence-corrected chi connectivity index (χ2v) is 8.13. The summed E-state index contributed by atoms with van der Waals surface area (Å²) >= 11 is 0. The SMILES string of the molecule is COC(=O)CCN(CCC(=O)OC)CCN(CCC(=O)OC)CCN1CCN(CCN)CC1. The molecule has 0 unspecified atom stereocenters. The third kappa shape index (κ3) is 13.5. The van der Waals surface area contributed by atoms with Gasteiger partial charge in [0.1, 0.15) is 0 Å². The van der Waals surface area contributed by atoms with Crippen molar-refractivity contribution in [1.29, 1.82) is 0 Å². The van der Waals surface area contributed by atoms with Crippen molar-refractivity contribution in [3.05, 3.63) is 0 Å². The normalized spacial score (nSPS) is 15.1. The van der Waals surface area contributed by atoms with Crippen molar-refractivity contribution in [2.45, 2.75) is 19.3 Å². The number of rotatable bonds is 17. The molecule has 1 fully saturated rings. The van der Waals surface area contributed by atoms with E-state index in [0.29, 0.717) is 45.7 Å². The molecule has 1 saturated heterocycles. The maximum atomic E-state index is 11.7. The number of hydrogen-bond acceptors (Lipinski definition) is 11. The average molecular weight is 474 g/mol. The van der Waals surface area contributed by atoms with E-state index in [-0.39, 0.29) is 30.7 Å². The standard InChI is InChI=1S/C22H43N5O6/c1-31-20(28)4-8-24(9-5-21(29)32-2)12-13-25(10-6-22(30)33-3)14-17-27-18-15-26(11-7-23)16-19-27/h4-19,23H2,1-3H3. The van der Waals surface area contributed by atoms with E-state index in [2.05, 4.69) is 19.6 Å². The van der Waals surface area contributed by atoms with Gasteiger partial charge in [-0.05, 0) is 0 Å². The summed E-state index contributed by atoms with van der Waals surface area (Å²) in [7, 11) is 4.13. The number of esters is 3. The molecular weight excluding hydrogens is 430 g/mol. The van der Waals surface area contributed by atoms with Crippen molar-refractivity contribution in [2.75, 3.05) is 106 Å². The first-order valence-corrected chi connectivity index (χ1v) is 11.7. The van der Waals surface area contributed by atoms with Crippen LogP contribution in [0.25, 0.3) is 0 Å². The number of methoxy groups -OCH3 is 3. The summed E-state index contributed by atoms with van der Waals surface area (Å²) in [6, 6.07) is 0. The van der Waals surface area contributed by atoms with Gasteiger partial charge in [0.2, 0.25) is 0 Å². The highest BCUT2D eigenvalue weighted by atomic mass is 16.5. The Hall–Kier alpha value is -1.79. The molecule has 2 N–H and O–H groups in total. The minimum atomic E-state index is -0.283. The van der Waals surface area contributed by atoms with Crippen LogP contribution in [0.5, 0.6) is 0 Å². The molecule has 0 aromatic rings. The van der Waals surface area contributed by atoms with Gasteiger partial charge in [-0.25, -0.2) is 0 Å². The van der Waals surface area contributed by atoms with Crippen LogP contribution < -0.4 is 5.73 Å². The van der Waals surface area contributed by atoms with E-state index in [9.17, 15) is 14.4 Å². The molecule has 1 aliphatic rings. The second-order valence-electron chi connectivity index (χ2n) is 8.13. The molecule has 1 heterocycles. The summed E-state index contributed by atoms with van der Waals surface area (Å²) in [6.07, 6.45) is 0.838. The smallest absolute Gasteiger partial charge is 0.306 e. The zero-order chi connectivity index (χ0) is 24.5. The lowest BCUT2D eigenvalue weighted by Gasteiger charge is -2.36. The van der Waals surface area contributed by atoms with Gasteiger partial charge in [0, 0.05) is 85.1 Å². The highest BCUT2D eigenvalue weighted by Crippen LogP contribution is 2.04. The van der Waals surface area contributed by atoms with E-state index in [1.54, 1.807) is 0 Å². The summed E-state index contributed by atoms with van der Waals surface area (Å²) in [6.45, 7) is 10.4. The molecule has 0 aliphatic carbocycles. The number of carbonyl (C=O) groups excluding carboxylic acids is 3. The third-order valence-electron chi connectivity index (χ3n) is 5.95. The second kappa shape index (κ2) is 17.7. The first-order valence-electron chi connectivity index (χ1n) is 11.7. The first-order chi connectivity index (χ1) is 15.9. The van der Waals surface area contributed by atoms with Gasteiger partial charge in [-0.2, -0.15) is 0 Å². The zero-order valence-electron chi connectivity index (χ0n) is 20.6. The molecule has 1 aliphatic heterocycles. The lowest BCUT2D eigenvalue weighted by atomic mass is 10.3. The number of nitrogens with two attached hydrogens (primary N) is 1. The van der Waals surface area contributed by atoms with Crippen LogP contribution in [0.1, 0.15) is 19.3 Å². The Kier molecular flexibility index (Phi) is 15.6. The Morgan fingerprint density at radius 2 is 1.00 bits per heavy atom. The summed E-state index contributed by atoms with van der Waals surface area (Å²) in [4.78, 5) is 44.0. The molecular formula is C22H43N5O6. The molecule has 0 atom stereocenters. The Bertz CT molecular complexity index is 551. The summed E-state index contributed by atoms with van der Waals surface area (Å²) in [5.41, 5.74) is 5.66. The van der Waals surface area contributed by atoms with Crippen LogP contribution in [0.15, 0.2) is 0 Å². The molecule has 11 nitrogen and oxygen atoms in total. The maximum absolute atomic E-state index is 11.7. The lowest BCUT2D eigenvalue weighted by molar-refractivity contribution is -0.142. The number of piperazine rings is 1. The van der Waals surface area contributed by atoms with E-state index in [1.165, 1.54) is 21.3 Å². The van der Waals surface area contributed by atoms with E-state index in [1.807, 2.05) is 0 Å². The molecule has 0 spiro atoms. The molecule has 0 aromatic heterocycles. The number of ether oxygens (including phenoxy) is 3. The van der Waals surface area contributed by atoms with Crippen LogP contribution in [0.3, 0.4) is 0 Å². The van der Waals surface area contributed by atoms with E-state index >= 15 is 0 Å². The van der Waals surface area contributed by atoms with Gasteiger partial charge in [-0.1, -0.05) is 0 Å². The van der Waals surface area contributed by atoms with Crippen molar-refractivity contribution >= 4 is 17.9 Å². The molecule has 11 heteroatoms. The molecule has 0 saturated carbocycles. The van der Waals surface area contributed by atoms with Gasteiger partial charge in [0.05, 0.1) is 40.6 Å². The van der Waals surface area contributed by atoms with Crippen molar-refractivity contribution in [1.82, 2.24) is 19.6 Å². The average Bonchev–Trinajstić information content (AvgIpc) is 2.84.